The number of rotatable bonds is 5. The molecule has 0 aliphatic carbocycles. The predicted molar refractivity (Wildman–Crippen MR) is 78.3 cm³/mol. The minimum absolute atomic E-state index is 0.0343. The van der Waals surface area contributed by atoms with Crippen LogP contribution in [0.1, 0.15) is 32.3 Å². The van der Waals surface area contributed by atoms with Crippen LogP contribution < -0.4 is 5.32 Å². The van der Waals surface area contributed by atoms with Gasteiger partial charge in [-0.25, -0.2) is 0 Å². The van der Waals surface area contributed by atoms with Gasteiger partial charge in [0, 0.05) is 17.6 Å². The number of hydrogen-bond donors (Lipinski definition) is 1. The van der Waals surface area contributed by atoms with Crippen molar-refractivity contribution >= 4 is 23.4 Å². The first-order valence-corrected chi connectivity index (χ1v) is 7.24. The van der Waals surface area contributed by atoms with E-state index in [4.69, 9.17) is 11.6 Å². The number of benzene rings is 1. The summed E-state index contributed by atoms with van der Waals surface area (Å²) < 4.78 is 0. The van der Waals surface area contributed by atoms with Crippen molar-refractivity contribution in [3.63, 3.8) is 0 Å². The molecule has 0 aromatic heterocycles. The molecule has 2 unspecified atom stereocenters. The quantitative estimate of drug-likeness (QED) is 0.848. The number of nitrogens with zero attached hydrogens (tertiary/aromatic N) is 1. The molecule has 1 aliphatic heterocycles. The third-order valence-electron chi connectivity index (χ3n) is 3.66. The van der Waals surface area contributed by atoms with Crippen molar-refractivity contribution < 1.29 is 9.59 Å². The molecule has 1 aromatic rings. The van der Waals surface area contributed by atoms with Gasteiger partial charge in [-0.15, -0.1) is 0 Å². The summed E-state index contributed by atoms with van der Waals surface area (Å²) in [6.07, 6.45) is 1.02. The van der Waals surface area contributed by atoms with E-state index in [9.17, 15) is 9.59 Å². The van der Waals surface area contributed by atoms with Gasteiger partial charge in [-0.1, -0.05) is 30.7 Å². The Morgan fingerprint density at radius 2 is 2.20 bits per heavy atom. The van der Waals surface area contributed by atoms with Gasteiger partial charge in [0.15, 0.2) is 0 Å². The van der Waals surface area contributed by atoms with Crippen molar-refractivity contribution in [2.75, 3.05) is 0 Å². The van der Waals surface area contributed by atoms with Crippen LogP contribution in [0.3, 0.4) is 0 Å². The van der Waals surface area contributed by atoms with Crippen LogP contribution in [0.5, 0.6) is 0 Å². The first kappa shape index (κ1) is 15.0. The number of imide groups is 1. The van der Waals surface area contributed by atoms with E-state index in [2.05, 4.69) is 5.32 Å². The third kappa shape index (κ3) is 3.19. The van der Waals surface area contributed by atoms with E-state index < -0.39 is 6.04 Å². The maximum absolute atomic E-state index is 12.2. The van der Waals surface area contributed by atoms with Crippen LogP contribution >= 0.6 is 11.6 Å². The van der Waals surface area contributed by atoms with Gasteiger partial charge >= 0.3 is 0 Å². The predicted octanol–water partition coefficient (Wildman–Crippen LogP) is 2.36. The number of nitrogens with one attached hydrogen (secondary N) is 1. The van der Waals surface area contributed by atoms with E-state index >= 15 is 0 Å². The van der Waals surface area contributed by atoms with E-state index in [-0.39, 0.29) is 24.3 Å². The second-order valence-electron chi connectivity index (χ2n) is 5.13. The Morgan fingerprint density at radius 3 is 2.85 bits per heavy atom. The summed E-state index contributed by atoms with van der Waals surface area (Å²) in [4.78, 5) is 25.5. The Balaban J connectivity index is 1.98. The first-order chi connectivity index (χ1) is 9.52. The van der Waals surface area contributed by atoms with Gasteiger partial charge in [-0.2, -0.15) is 0 Å². The number of halogens is 1. The molecule has 2 atom stereocenters. The average molecular weight is 295 g/mol. The highest BCUT2D eigenvalue weighted by molar-refractivity contribution is 6.30. The summed E-state index contributed by atoms with van der Waals surface area (Å²) in [5.41, 5.74) is 1.000. The van der Waals surface area contributed by atoms with Gasteiger partial charge in [-0.05, 0) is 31.0 Å². The number of likely N-dealkylation sites (tertiary alicyclic amines) is 1. The highest BCUT2D eigenvalue weighted by Gasteiger charge is 2.40. The van der Waals surface area contributed by atoms with Crippen LogP contribution in [0.2, 0.25) is 5.02 Å². The molecule has 1 heterocycles. The van der Waals surface area contributed by atoms with E-state index in [0.717, 1.165) is 12.0 Å². The molecule has 2 rings (SSSR count). The smallest absolute Gasteiger partial charge is 0.247 e. The van der Waals surface area contributed by atoms with Crippen LogP contribution in [-0.2, 0) is 16.1 Å². The van der Waals surface area contributed by atoms with Crippen LogP contribution in [0.15, 0.2) is 24.3 Å². The van der Waals surface area contributed by atoms with Crippen LogP contribution in [0.4, 0.5) is 0 Å². The molecular formula is C15H19ClN2O2. The number of hydrogen-bond acceptors (Lipinski definition) is 3. The fourth-order valence-corrected chi connectivity index (χ4v) is 2.56. The fraction of sp³-hybridized carbons (Fsp3) is 0.467. The minimum atomic E-state index is -0.421. The molecule has 1 aliphatic rings. The van der Waals surface area contributed by atoms with Crippen molar-refractivity contribution in [1.82, 2.24) is 10.2 Å². The molecule has 1 N–H and O–H groups in total. The van der Waals surface area contributed by atoms with Crippen molar-refractivity contribution in [3.8, 4) is 0 Å². The lowest BCUT2D eigenvalue weighted by Crippen LogP contribution is -2.42. The molecular weight excluding hydrogens is 276 g/mol. The summed E-state index contributed by atoms with van der Waals surface area (Å²) in [7, 11) is 0. The molecule has 0 spiro atoms. The largest absolute Gasteiger partial charge is 0.301 e. The van der Waals surface area contributed by atoms with Crippen molar-refractivity contribution in [2.24, 2.45) is 0 Å². The molecule has 20 heavy (non-hydrogen) atoms. The Kier molecular flexibility index (Phi) is 4.78. The molecule has 2 amide bonds. The molecule has 1 aromatic carbocycles. The normalized spacial score (nSPS) is 20.6. The lowest BCUT2D eigenvalue weighted by atomic mass is 10.2. The second-order valence-corrected chi connectivity index (χ2v) is 5.56. The Hall–Kier alpha value is -1.39. The van der Waals surface area contributed by atoms with Gasteiger partial charge in [0.2, 0.25) is 11.8 Å². The van der Waals surface area contributed by atoms with Crippen molar-refractivity contribution in [1.29, 1.82) is 0 Å². The van der Waals surface area contributed by atoms with E-state index in [1.807, 2.05) is 32.0 Å². The van der Waals surface area contributed by atoms with Crippen molar-refractivity contribution in [3.05, 3.63) is 34.9 Å². The van der Waals surface area contributed by atoms with E-state index in [1.165, 1.54) is 4.90 Å². The van der Waals surface area contributed by atoms with Gasteiger partial charge in [-0.3, -0.25) is 14.5 Å². The highest BCUT2D eigenvalue weighted by Crippen LogP contribution is 2.18. The monoisotopic (exact) mass is 294 g/mol. The molecule has 5 heteroatoms. The van der Waals surface area contributed by atoms with Gasteiger partial charge in [0.1, 0.15) is 0 Å². The molecule has 0 saturated carbocycles. The van der Waals surface area contributed by atoms with Crippen LogP contribution in [-0.4, -0.2) is 28.8 Å². The second kappa shape index (κ2) is 6.37. The van der Waals surface area contributed by atoms with Crippen molar-refractivity contribution in [2.45, 2.75) is 45.3 Å². The maximum atomic E-state index is 12.2. The molecule has 4 nitrogen and oxygen atoms in total. The topological polar surface area (TPSA) is 49.4 Å². The lowest BCUT2D eigenvalue weighted by molar-refractivity contribution is -0.141. The highest BCUT2D eigenvalue weighted by atomic mass is 35.5. The zero-order valence-electron chi connectivity index (χ0n) is 11.7. The molecule has 108 valence electrons. The maximum Gasteiger partial charge on any atom is 0.247 e. The van der Waals surface area contributed by atoms with Crippen LogP contribution in [0.25, 0.3) is 0 Å². The number of carbonyl (C=O) groups excluding carboxylic acids is 2. The molecule has 1 fully saturated rings. The summed E-state index contributed by atoms with van der Waals surface area (Å²) in [5, 5.41) is 3.81. The van der Waals surface area contributed by atoms with E-state index in [0.29, 0.717) is 11.6 Å². The summed E-state index contributed by atoms with van der Waals surface area (Å²) >= 11 is 5.92. The van der Waals surface area contributed by atoms with Gasteiger partial charge in [0.05, 0.1) is 12.5 Å². The Morgan fingerprint density at radius 1 is 1.45 bits per heavy atom. The molecule has 0 bridgehead atoms. The molecule has 0 radical (unpaired) electrons. The molecule has 1 saturated heterocycles. The fourth-order valence-electron chi connectivity index (χ4n) is 2.34. The zero-order valence-corrected chi connectivity index (χ0v) is 12.5. The zero-order chi connectivity index (χ0) is 14.7. The van der Waals surface area contributed by atoms with E-state index in [1.54, 1.807) is 6.07 Å². The van der Waals surface area contributed by atoms with Crippen LogP contribution in [0, 0.1) is 0 Å². The SMILES string of the molecule is CCC(C)N1C(=O)CC(NCc2cccc(Cl)c2)C1=O. The Labute approximate surface area is 124 Å². The third-order valence-corrected chi connectivity index (χ3v) is 3.89. The lowest BCUT2D eigenvalue weighted by Gasteiger charge is -2.21. The van der Waals surface area contributed by atoms with Gasteiger partial charge < -0.3 is 5.32 Å². The Bertz CT molecular complexity index is 518. The summed E-state index contributed by atoms with van der Waals surface area (Å²) in [5.74, 6) is -0.209. The minimum Gasteiger partial charge on any atom is -0.301 e. The number of carbonyl (C=O) groups is 2. The summed E-state index contributed by atoms with van der Waals surface area (Å²) in [6, 6.07) is 7.00. The first-order valence-electron chi connectivity index (χ1n) is 6.86. The standard InChI is InChI=1S/C15H19ClN2O2/c1-3-10(2)18-14(19)8-13(15(18)20)17-9-11-5-4-6-12(16)7-11/h4-7,10,13,17H,3,8-9H2,1-2H3. The number of amides is 2. The average Bonchev–Trinajstić information content (AvgIpc) is 2.70. The van der Waals surface area contributed by atoms with Gasteiger partial charge in [0.25, 0.3) is 0 Å². The summed E-state index contributed by atoms with van der Waals surface area (Å²) in [6.45, 7) is 4.39.